The molecule has 0 bridgehead atoms. The van der Waals surface area contributed by atoms with Crippen LogP contribution in [0, 0.1) is 5.41 Å². The first-order valence-corrected chi connectivity index (χ1v) is 7.78. The summed E-state index contributed by atoms with van der Waals surface area (Å²) in [5, 5.41) is 21.0. The predicted molar refractivity (Wildman–Crippen MR) is 90.3 cm³/mol. The number of aliphatic hydroxyl groups is 2. The fourth-order valence-electron chi connectivity index (χ4n) is 2.65. The molecule has 0 aromatic heterocycles. The standard InChI is InChI=1S/C19H30O2/c1-8-17(20)19(6,7)18(21)15-10-9-14(12(2)3)11-16(15)13(4)5/h9-12,17-18,20-21H,4,8H2,1-3,5-7H3/t17-,18+/m0/s1. The third kappa shape index (κ3) is 3.75. The van der Waals surface area contributed by atoms with Crippen molar-refractivity contribution in [2.75, 3.05) is 0 Å². The average Bonchev–Trinajstić information content (AvgIpc) is 2.44. The zero-order valence-electron chi connectivity index (χ0n) is 14.3. The minimum absolute atomic E-state index is 0.434. The minimum Gasteiger partial charge on any atom is -0.392 e. The van der Waals surface area contributed by atoms with E-state index in [4.69, 9.17) is 0 Å². The third-order valence-electron chi connectivity index (χ3n) is 4.45. The largest absolute Gasteiger partial charge is 0.392 e. The summed E-state index contributed by atoms with van der Waals surface area (Å²) >= 11 is 0. The normalized spacial score (nSPS) is 15.1. The fourth-order valence-corrected chi connectivity index (χ4v) is 2.65. The van der Waals surface area contributed by atoms with Crippen molar-refractivity contribution < 1.29 is 10.2 Å². The van der Waals surface area contributed by atoms with E-state index < -0.39 is 17.6 Å². The van der Waals surface area contributed by atoms with Crippen LogP contribution in [0.15, 0.2) is 24.8 Å². The Labute approximate surface area is 129 Å². The van der Waals surface area contributed by atoms with E-state index in [-0.39, 0.29) is 0 Å². The van der Waals surface area contributed by atoms with Crippen molar-refractivity contribution in [3.05, 3.63) is 41.5 Å². The lowest BCUT2D eigenvalue weighted by atomic mass is 9.75. The zero-order chi connectivity index (χ0) is 16.4. The maximum Gasteiger partial charge on any atom is 0.0871 e. The number of allylic oxidation sites excluding steroid dienone is 1. The van der Waals surface area contributed by atoms with Crippen LogP contribution in [0.25, 0.3) is 5.57 Å². The molecular weight excluding hydrogens is 260 g/mol. The Balaban J connectivity index is 3.32. The van der Waals surface area contributed by atoms with Crippen molar-refractivity contribution >= 4 is 5.57 Å². The molecule has 2 N–H and O–H groups in total. The molecule has 2 heteroatoms. The van der Waals surface area contributed by atoms with Gasteiger partial charge in [0.25, 0.3) is 0 Å². The van der Waals surface area contributed by atoms with Crippen LogP contribution in [0.5, 0.6) is 0 Å². The van der Waals surface area contributed by atoms with Crippen LogP contribution in [-0.2, 0) is 0 Å². The summed E-state index contributed by atoms with van der Waals surface area (Å²) in [6.07, 6.45) is -0.646. The van der Waals surface area contributed by atoms with Gasteiger partial charge >= 0.3 is 0 Å². The van der Waals surface area contributed by atoms with Crippen molar-refractivity contribution in [2.45, 2.75) is 66.1 Å². The van der Waals surface area contributed by atoms with E-state index in [9.17, 15) is 10.2 Å². The molecule has 0 aliphatic rings. The molecule has 1 rings (SSSR count). The number of hydrogen-bond acceptors (Lipinski definition) is 2. The summed E-state index contributed by atoms with van der Waals surface area (Å²) in [4.78, 5) is 0. The van der Waals surface area contributed by atoms with Crippen molar-refractivity contribution in [2.24, 2.45) is 5.41 Å². The summed E-state index contributed by atoms with van der Waals surface area (Å²) in [5.74, 6) is 0.434. The van der Waals surface area contributed by atoms with E-state index in [0.29, 0.717) is 12.3 Å². The molecule has 0 aliphatic carbocycles. The molecule has 1 aromatic rings. The van der Waals surface area contributed by atoms with Gasteiger partial charge in [-0.25, -0.2) is 0 Å². The molecule has 21 heavy (non-hydrogen) atoms. The number of benzene rings is 1. The molecule has 0 saturated carbocycles. The second-order valence-corrected chi connectivity index (χ2v) is 6.93. The number of hydrogen-bond donors (Lipinski definition) is 2. The summed E-state index contributed by atoms with van der Waals surface area (Å²) in [6.45, 7) is 16.0. The van der Waals surface area contributed by atoms with E-state index in [1.54, 1.807) is 0 Å². The van der Waals surface area contributed by atoms with Crippen molar-refractivity contribution in [3.63, 3.8) is 0 Å². The summed E-state index contributed by atoms with van der Waals surface area (Å²) < 4.78 is 0. The van der Waals surface area contributed by atoms with Gasteiger partial charge in [-0.1, -0.05) is 65.0 Å². The van der Waals surface area contributed by atoms with Gasteiger partial charge in [0.05, 0.1) is 12.2 Å². The molecule has 0 radical (unpaired) electrons. The first-order chi connectivity index (χ1) is 9.62. The molecule has 2 nitrogen and oxygen atoms in total. The van der Waals surface area contributed by atoms with Crippen LogP contribution in [0.2, 0.25) is 0 Å². The van der Waals surface area contributed by atoms with Gasteiger partial charge in [-0.2, -0.15) is 0 Å². The van der Waals surface area contributed by atoms with Crippen LogP contribution in [-0.4, -0.2) is 16.3 Å². The predicted octanol–water partition coefficient (Wildman–Crippen LogP) is 4.67. The van der Waals surface area contributed by atoms with Crippen LogP contribution < -0.4 is 0 Å². The van der Waals surface area contributed by atoms with Crippen LogP contribution in [0.3, 0.4) is 0 Å². The Morgan fingerprint density at radius 1 is 1.24 bits per heavy atom. The van der Waals surface area contributed by atoms with Gasteiger partial charge in [0.2, 0.25) is 0 Å². The second-order valence-electron chi connectivity index (χ2n) is 6.93. The summed E-state index contributed by atoms with van der Waals surface area (Å²) in [7, 11) is 0. The Morgan fingerprint density at radius 3 is 2.24 bits per heavy atom. The van der Waals surface area contributed by atoms with Crippen LogP contribution >= 0.6 is 0 Å². The van der Waals surface area contributed by atoms with E-state index in [1.165, 1.54) is 5.56 Å². The highest BCUT2D eigenvalue weighted by Crippen LogP contribution is 2.40. The molecule has 118 valence electrons. The molecule has 0 spiro atoms. The van der Waals surface area contributed by atoms with Gasteiger partial charge in [-0.05, 0) is 36.0 Å². The Bertz CT molecular complexity index is 500. The fraction of sp³-hybridized carbons (Fsp3) is 0.579. The SMILES string of the molecule is C=C(C)c1cc(C(C)C)ccc1[C@@H](O)C(C)(C)[C@@H](O)CC. The lowest BCUT2D eigenvalue weighted by molar-refractivity contribution is -0.0506. The topological polar surface area (TPSA) is 40.5 Å². The first-order valence-electron chi connectivity index (χ1n) is 7.78. The summed E-state index contributed by atoms with van der Waals surface area (Å²) in [5.41, 5.74) is 3.42. The van der Waals surface area contributed by atoms with E-state index in [1.807, 2.05) is 33.8 Å². The Hall–Kier alpha value is -1.12. The van der Waals surface area contributed by atoms with Gasteiger partial charge in [-0.15, -0.1) is 0 Å². The smallest absolute Gasteiger partial charge is 0.0871 e. The molecule has 0 heterocycles. The molecule has 2 atom stereocenters. The third-order valence-corrected chi connectivity index (χ3v) is 4.45. The number of aliphatic hydroxyl groups excluding tert-OH is 2. The molecule has 0 fully saturated rings. The van der Waals surface area contributed by atoms with Gasteiger partial charge < -0.3 is 10.2 Å². The molecule has 0 aliphatic heterocycles. The second kappa shape index (κ2) is 6.76. The Morgan fingerprint density at radius 2 is 1.81 bits per heavy atom. The lowest BCUT2D eigenvalue weighted by Crippen LogP contribution is -2.35. The van der Waals surface area contributed by atoms with Crippen molar-refractivity contribution in [1.82, 2.24) is 0 Å². The van der Waals surface area contributed by atoms with Gasteiger partial charge in [-0.3, -0.25) is 0 Å². The minimum atomic E-state index is -0.722. The Kier molecular flexibility index (Phi) is 5.77. The average molecular weight is 290 g/mol. The van der Waals surface area contributed by atoms with E-state index in [0.717, 1.165) is 16.7 Å². The molecule has 0 unspecified atom stereocenters. The zero-order valence-corrected chi connectivity index (χ0v) is 14.3. The highest BCUT2D eigenvalue weighted by Gasteiger charge is 2.36. The van der Waals surface area contributed by atoms with Crippen LogP contribution in [0.4, 0.5) is 0 Å². The molecule has 1 aromatic carbocycles. The van der Waals surface area contributed by atoms with E-state index in [2.05, 4.69) is 32.6 Å². The highest BCUT2D eigenvalue weighted by atomic mass is 16.3. The van der Waals surface area contributed by atoms with Gasteiger partial charge in [0.15, 0.2) is 0 Å². The molecule has 0 amide bonds. The molecule has 0 saturated heterocycles. The first kappa shape index (κ1) is 17.9. The van der Waals surface area contributed by atoms with Gasteiger partial charge in [0, 0.05) is 5.41 Å². The van der Waals surface area contributed by atoms with Crippen LogP contribution in [0.1, 0.15) is 76.7 Å². The van der Waals surface area contributed by atoms with Crippen molar-refractivity contribution in [3.8, 4) is 0 Å². The van der Waals surface area contributed by atoms with Crippen molar-refractivity contribution in [1.29, 1.82) is 0 Å². The number of rotatable bonds is 6. The highest BCUT2D eigenvalue weighted by molar-refractivity contribution is 5.66. The molecular formula is C19H30O2. The lowest BCUT2D eigenvalue weighted by Gasteiger charge is -2.36. The van der Waals surface area contributed by atoms with E-state index >= 15 is 0 Å². The summed E-state index contributed by atoms with van der Waals surface area (Å²) in [6, 6.07) is 6.15. The maximum absolute atomic E-state index is 10.8. The quantitative estimate of drug-likeness (QED) is 0.799. The monoisotopic (exact) mass is 290 g/mol. The van der Waals surface area contributed by atoms with Gasteiger partial charge in [0.1, 0.15) is 0 Å². The maximum atomic E-state index is 10.8.